The third-order valence-electron chi connectivity index (χ3n) is 4.12. The van der Waals surface area contributed by atoms with Gasteiger partial charge in [-0.25, -0.2) is 4.79 Å². The number of hydrogen-bond acceptors (Lipinski definition) is 3. The molecule has 1 N–H and O–H groups in total. The average Bonchev–Trinajstić information content (AvgIpc) is 2.59. The quantitative estimate of drug-likeness (QED) is 0.778. The Morgan fingerprint density at radius 1 is 0.880 bits per heavy atom. The fraction of sp³-hybridized carbons (Fsp3) is 0.200. The third kappa shape index (κ3) is 3.71. The molecule has 25 heavy (non-hydrogen) atoms. The van der Waals surface area contributed by atoms with Gasteiger partial charge in [0.1, 0.15) is 5.69 Å². The van der Waals surface area contributed by atoms with Gasteiger partial charge in [0.25, 0.3) is 5.56 Å². The molecule has 1 aromatic heterocycles. The zero-order valence-corrected chi connectivity index (χ0v) is 14.4. The van der Waals surface area contributed by atoms with Crippen molar-refractivity contribution < 1.29 is 0 Å². The molecule has 0 aliphatic rings. The van der Waals surface area contributed by atoms with E-state index in [2.05, 4.69) is 4.98 Å². The Morgan fingerprint density at radius 2 is 1.44 bits per heavy atom. The van der Waals surface area contributed by atoms with Crippen LogP contribution in [-0.2, 0) is 13.0 Å². The summed E-state index contributed by atoms with van der Waals surface area (Å²) in [7, 11) is 3.63. The summed E-state index contributed by atoms with van der Waals surface area (Å²) in [5.41, 5.74) is 2.55. The fourth-order valence-corrected chi connectivity index (χ4v) is 2.97. The Kier molecular flexibility index (Phi) is 4.84. The minimum atomic E-state index is -0.384. The van der Waals surface area contributed by atoms with Gasteiger partial charge in [-0.05, 0) is 11.1 Å². The van der Waals surface area contributed by atoms with Crippen molar-refractivity contribution in [2.75, 3.05) is 19.0 Å². The van der Waals surface area contributed by atoms with E-state index in [-0.39, 0.29) is 11.2 Å². The third-order valence-corrected chi connectivity index (χ3v) is 4.12. The maximum absolute atomic E-state index is 12.5. The normalized spacial score (nSPS) is 10.6. The van der Waals surface area contributed by atoms with E-state index in [1.165, 1.54) is 0 Å². The van der Waals surface area contributed by atoms with Gasteiger partial charge in [0.05, 0.1) is 12.2 Å². The molecule has 0 amide bonds. The van der Waals surface area contributed by atoms with Crippen molar-refractivity contribution in [1.29, 1.82) is 0 Å². The van der Waals surface area contributed by atoms with Crippen molar-refractivity contribution in [3.05, 3.63) is 98.3 Å². The molecule has 0 fully saturated rings. The van der Waals surface area contributed by atoms with Gasteiger partial charge in [-0.15, -0.1) is 0 Å². The lowest BCUT2D eigenvalue weighted by atomic mass is 10.1. The lowest BCUT2D eigenvalue weighted by Gasteiger charge is -2.21. The van der Waals surface area contributed by atoms with E-state index in [4.69, 9.17) is 0 Å². The second-order valence-electron chi connectivity index (χ2n) is 6.18. The summed E-state index contributed by atoms with van der Waals surface area (Å²) < 4.78 is 1.65. The topological polar surface area (TPSA) is 58.1 Å². The first-order chi connectivity index (χ1) is 12.1. The van der Waals surface area contributed by atoms with Gasteiger partial charge in [-0.2, -0.15) is 0 Å². The molecule has 0 spiro atoms. The number of anilines is 1. The molecule has 0 saturated heterocycles. The van der Waals surface area contributed by atoms with Gasteiger partial charge >= 0.3 is 5.69 Å². The van der Waals surface area contributed by atoms with Crippen LogP contribution in [0.15, 0.2) is 70.3 Å². The van der Waals surface area contributed by atoms with Gasteiger partial charge in [0, 0.05) is 20.5 Å². The van der Waals surface area contributed by atoms with Crippen LogP contribution in [0.5, 0.6) is 0 Å². The lowest BCUT2D eigenvalue weighted by molar-refractivity contribution is 0.677. The van der Waals surface area contributed by atoms with Gasteiger partial charge in [0.2, 0.25) is 0 Å². The van der Waals surface area contributed by atoms with E-state index in [1.807, 2.05) is 74.8 Å². The van der Waals surface area contributed by atoms with E-state index in [9.17, 15) is 9.59 Å². The summed E-state index contributed by atoms with van der Waals surface area (Å²) in [5.74, 6) is 0. The van der Waals surface area contributed by atoms with Crippen LogP contribution in [0.4, 0.5) is 5.69 Å². The van der Waals surface area contributed by atoms with Crippen molar-refractivity contribution in [2.24, 2.45) is 0 Å². The average molecular weight is 335 g/mol. The Hall–Kier alpha value is -3.08. The Balaban J connectivity index is 2.17. The Labute approximate surface area is 146 Å². The molecule has 2 aromatic carbocycles. The second-order valence-corrected chi connectivity index (χ2v) is 6.18. The molecule has 0 radical (unpaired) electrons. The molecule has 0 bridgehead atoms. The molecule has 3 rings (SSSR count). The van der Waals surface area contributed by atoms with Crippen LogP contribution in [0.1, 0.15) is 16.8 Å². The number of nitrogens with one attached hydrogen (secondary N) is 1. The first-order valence-corrected chi connectivity index (χ1v) is 8.17. The van der Waals surface area contributed by atoms with Crippen molar-refractivity contribution in [3.8, 4) is 0 Å². The predicted octanol–water partition coefficient (Wildman–Crippen LogP) is 2.24. The molecule has 1 heterocycles. The SMILES string of the molecule is CN(C)c1c(Cc2ccccc2)n(Cc2ccccc2)c(=O)[nH]c1=O. The maximum atomic E-state index is 12.5. The number of nitrogens with zero attached hydrogens (tertiary/aromatic N) is 2. The molecule has 5 nitrogen and oxygen atoms in total. The Bertz CT molecular complexity index is 958. The van der Waals surface area contributed by atoms with Crippen LogP contribution in [0.2, 0.25) is 0 Å². The van der Waals surface area contributed by atoms with Crippen LogP contribution in [0.3, 0.4) is 0 Å². The zero-order valence-electron chi connectivity index (χ0n) is 14.4. The number of rotatable bonds is 5. The van der Waals surface area contributed by atoms with Crippen LogP contribution < -0.4 is 16.1 Å². The van der Waals surface area contributed by atoms with Crippen LogP contribution in [0, 0.1) is 0 Å². The van der Waals surface area contributed by atoms with Crippen molar-refractivity contribution in [3.63, 3.8) is 0 Å². The van der Waals surface area contributed by atoms with Crippen LogP contribution >= 0.6 is 0 Å². The monoisotopic (exact) mass is 335 g/mol. The van der Waals surface area contributed by atoms with E-state index in [0.717, 1.165) is 11.1 Å². The molecule has 128 valence electrons. The highest BCUT2D eigenvalue weighted by molar-refractivity contribution is 5.49. The summed E-state index contributed by atoms with van der Waals surface area (Å²) in [6.07, 6.45) is 0.514. The minimum Gasteiger partial charge on any atom is -0.372 e. The molecule has 0 atom stereocenters. The molecular formula is C20H21N3O2. The number of hydrogen-bond donors (Lipinski definition) is 1. The molecule has 0 unspecified atom stereocenters. The maximum Gasteiger partial charge on any atom is 0.328 e. The summed E-state index contributed by atoms with van der Waals surface area (Å²) >= 11 is 0. The van der Waals surface area contributed by atoms with Crippen molar-refractivity contribution in [2.45, 2.75) is 13.0 Å². The highest BCUT2D eigenvalue weighted by Crippen LogP contribution is 2.17. The molecule has 3 aromatic rings. The van der Waals surface area contributed by atoms with E-state index < -0.39 is 0 Å². The largest absolute Gasteiger partial charge is 0.372 e. The summed E-state index contributed by atoms with van der Waals surface area (Å²) in [6, 6.07) is 19.6. The highest BCUT2D eigenvalue weighted by Gasteiger charge is 2.17. The van der Waals surface area contributed by atoms with Gasteiger partial charge < -0.3 is 4.90 Å². The molecule has 0 aliphatic heterocycles. The van der Waals surface area contributed by atoms with Crippen LogP contribution in [0.25, 0.3) is 0 Å². The highest BCUT2D eigenvalue weighted by atomic mass is 16.2. The van der Waals surface area contributed by atoms with E-state index in [1.54, 1.807) is 9.47 Å². The Morgan fingerprint density at radius 3 is 2.00 bits per heavy atom. The number of H-pyrrole nitrogens is 1. The smallest absolute Gasteiger partial charge is 0.328 e. The summed E-state index contributed by atoms with van der Waals surface area (Å²) in [6.45, 7) is 0.416. The van der Waals surface area contributed by atoms with E-state index in [0.29, 0.717) is 24.3 Å². The van der Waals surface area contributed by atoms with Crippen molar-refractivity contribution >= 4 is 5.69 Å². The van der Waals surface area contributed by atoms with Crippen LogP contribution in [-0.4, -0.2) is 23.6 Å². The van der Waals surface area contributed by atoms with Gasteiger partial charge in [-0.1, -0.05) is 60.7 Å². The standard InChI is InChI=1S/C20H21N3O2/c1-22(2)18-17(13-15-9-5-3-6-10-15)23(20(25)21-19(18)24)14-16-11-7-4-8-12-16/h3-12H,13-14H2,1-2H3,(H,21,24,25). The number of aromatic nitrogens is 2. The van der Waals surface area contributed by atoms with Gasteiger partial charge in [-0.3, -0.25) is 14.3 Å². The second kappa shape index (κ2) is 7.21. The molecular weight excluding hydrogens is 314 g/mol. The zero-order chi connectivity index (χ0) is 17.8. The van der Waals surface area contributed by atoms with Gasteiger partial charge in [0.15, 0.2) is 0 Å². The molecule has 0 saturated carbocycles. The fourth-order valence-electron chi connectivity index (χ4n) is 2.97. The molecule has 0 aliphatic carbocycles. The van der Waals surface area contributed by atoms with E-state index >= 15 is 0 Å². The summed E-state index contributed by atoms with van der Waals surface area (Å²) in [4.78, 5) is 29.1. The summed E-state index contributed by atoms with van der Waals surface area (Å²) in [5, 5.41) is 0. The molecule has 5 heteroatoms. The number of aromatic amines is 1. The first kappa shape index (κ1) is 16.8. The first-order valence-electron chi connectivity index (χ1n) is 8.17. The number of benzene rings is 2. The minimum absolute atomic E-state index is 0.356. The van der Waals surface area contributed by atoms with Crippen molar-refractivity contribution in [1.82, 2.24) is 9.55 Å². The predicted molar refractivity (Wildman–Crippen MR) is 100 cm³/mol. The lowest BCUT2D eigenvalue weighted by Crippen LogP contribution is -2.37.